The van der Waals surface area contributed by atoms with Gasteiger partial charge in [-0.3, -0.25) is 0 Å². The van der Waals surface area contributed by atoms with Gasteiger partial charge in [0.15, 0.2) is 0 Å². The maximum Gasteiger partial charge on any atom is 0.408 e. The van der Waals surface area contributed by atoms with Gasteiger partial charge in [0.25, 0.3) is 0 Å². The lowest BCUT2D eigenvalue weighted by Gasteiger charge is -2.18. The van der Waals surface area contributed by atoms with E-state index in [1.54, 1.807) is 11.3 Å². The quantitative estimate of drug-likeness (QED) is 0.762. The van der Waals surface area contributed by atoms with Crippen LogP contribution in [0.1, 0.15) is 26.3 Å². The Labute approximate surface area is 99.8 Å². The third-order valence-electron chi connectivity index (χ3n) is 1.47. The Hall–Kier alpha value is -1.47. The van der Waals surface area contributed by atoms with Crippen molar-refractivity contribution in [3.8, 4) is 11.8 Å². The van der Waals surface area contributed by atoms with Gasteiger partial charge in [-0.25, -0.2) is 4.79 Å². The minimum absolute atomic E-state index is 0.296. The topological polar surface area (TPSA) is 38.3 Å². The molecule has 1 N–H and O–H groups in total. The second kappa shape index (κ2) is 5.57. The molecule has 1 aromatic heterocycles. The summed E-state index contributed by atoms with van der Waals surface area (Å²) in [6.07, 6.45) is -0.438. The van der Waals surface area contributed by atoms with Gasteiger partial charge in [0.2, 0.25) is 0 Å². The summed E-state index contributed by atoms with van der Waals surface area (Å²) in [6, 6.07) is 1.94. The predicted octanol–water partition coefficient (Wildman–Crippen LogP) is 2.62. The summed E-state index contributed by atoms with van der Waals surface area (Å²) in [5, 5.41) is 6.49. The Morgan fingerprint density at radius 2 is 2.31 bits per heavy atom. The lowest BCUT2D eigenvalue weighted by molar-refractivity contribution is 0.0535. The second-order valence-electron chi connectivity index (χ2n) is 4.17. The number of rotatable bonds is 1. The fourth-order valence-corrected chi connectivity index (χ4v) is 1.50. The van der Waals surface area contributed by atoms with Crippen LogP contribution < -0.4 is 5.32 Å². The summed E-state index contributed by atoms with van der Waals surface area (Å²) >= 11 is 1.60. The largest absolute Gasteiger partial charge is 0.444 e. The van der Waals surface area contributed by atoms with Crippen molar-refractivity contribution in [1.82, 2.24) is 5.32 Å². The van der Waals surface area contributed by atoms with Crippen LogP contribution in [0.25, 0.3) is 0 Å². The Morgan fingerprint density at radius 1 is 1.56 bits per heavy atom. The van der Waals surface area contributed by atoms with E-state index in [2.05, 4.69) is 17.2 Å². The van der Waals surface area contributed by atoms with Crippen LogP contribution in [0.2, 0.25) is 0 Å². The number of hydrogen-bond donors (Lipinski definition) is 1. The highest BCUT2D eigenvalue weighted by molar-refractivity contribution is 7.08. The van der Waals surface area contributed by atoms with Crippen LogP contribution in [-0.2, 0) is 4.74 Å². The minimum atomic E-state index is -0.467. The Bertz CT molecular complexity index is 393. The van der Waals surface area contributed by atoms with Crippen LogP contribution in [0, 0.1) is 11.8 Å². The van der Waals surface area contributed by atoms with Crippen molar-refractivity contribution >= 4 is 17.4 Å². The maximum absolute atomic E-state index is 11.2. The van der Waals surface area contributed by atoms with E-state index in [1.165, 1.54) is 0 Å². The molecule has 1 amide bonds. The molecule has 1 heterocycles. The monoisotopic (exact) mass is 237 g/mol. The first kappa shape index (κ1) is 12.6. The molecule has 0 fully saturated rings. The van der Waals surface area contributed by atoms with Gasteiger partial charge in [0.05, 0.1) is 6.54 Å². The van der Waals surface area contributed by atoms with Gasteiger partial charge in [0.1, 0.15) is 5.60 Å². The summed E-state index contributed by atoms with van der Waals surface area (Å²) in [5.41, 5.74) is 0.501. The number of hydrogen-bond acceptors (Lipinski definition) is 3. The third kappa shape index (κ3) is 5.42. The van der Waals surface area contributed by atoms with E-state index < -0.39 is 11.7 Å². The highest BCUT2D eigenvalue weighted by Gasteiger charge is 2.14. The summed E-state index contributed by atoms with van der Waals surface area (Å²) in [4.78, 5) is 11.2. The Morgan fingerprint density at radius 3 is 2.88 bits per heavy atom. The number of carbonyl (C=O) groups excluding carboxylic acids is 1. The second-order valence-corrected chi connectivity index (χ2v) is 4.95. The molecule has 0 bridgehead atoms. The average Bonchev–Trinajstić information content (AvgIpc) is 2.62. The molecule has 16 heavy (non-hydrogen) atoms. The summed E-state index contributed by atoms with van der Waals surface area (Å²) in [7, 11) is 0. The Balaban J connectivity index is 2.28. The van der Waals surface area contributed by atoms with Gasteiger partial charge in [-0.1, -0.05) is 11.8 Å². The zero-order valence-electron chi connectivity index (χ0n) is 9.66. The standard InChI is InChI=1S/C12H15NO2S/c1-12(2,3)15-11(14)13-7-4-5-10-6-8-16-9-10/h6,8-9H,7H2,1-3H3,(H,13,14). The van der Waals surface area contributed by atoms with Crippen molar-refractivity contribution in [1.29, 1.82) is 0 Å². The number of alkyl carbamates (subject to hydrolysis) is 1. The molecule has 4 heteroatoms. The molecule has 0 aliphatic rings. The van der Waals surface area contributed by atoms with E-state index in [4.69, 9.17) is 4.74 Å². The zero-order valence-corrected chi connectivity index (χ0v) is 10.5. The normalized spacial score (nSPS) is 10.2. The van der Waals surface area contributed by atoms with Crippen molar-refractivity contribution in [2.75, 3.05) is 6.54 Å². The number of thiophene rings is 1. The minimum Gasteiger partial charge on any atom is -0.444 e. The molecule has 0 spiro atoms. The molecule has 0 atom stereocenters. The van der Waals surface area contributed by atoms with E-state index in [-0.39, 0.29) is 0 Å². The smallest absolute Gasteiger partial charge is 0.408 e. The lowest BCUT2D eigenvalue weighted by Crippen LogP contribution is -2.32. The number of nitrogens with one attached hydrogen (secondary N) is 1. The van der Waals surface area contributed by atoms with Gasteiger partial charge in [-0.15, -0.1) is 0 Å². The maximum atomic E-state index is 11.2. The molecule has 1 aromatic rings. The highest BCUT2D eigenvalue weighted by Crippen LogP contribution is 2.06. The summed E-state index contributed by atoms with van der Waals surface area (Å²) < 4.78 is 5.06. The lowest BCUT2D eigenvalue weighted by atomic mass is 10.2. The van der Waals surface area contributed by atoms with Crippen LogP contribution in [0.15, 0.2) is 16.8 Å². The molecule has 0 aromatic carbocycles. The first-order chi connectivity index (χ1) is 7.47. The van der Waals surface area contributed by atoms with Crippen molar-refractivity contribution in [2.45, 2.75) is 26.4 Å². The van der Waals surface area contributed by atoms with Crippen molar-refractivity contribution in [3.05, 3.63) is 22.4 Å². The molecule has 0 aliphatic carbocycles. The van der Waals surface area contributed by atoms with Gasteiger partial charge < -0.3 is 10.1 Å². The molecule has 0 aliphatic heterocycles. The number of amides is 1. The summed E-state index contributed by atoms with van der Waals surface area (Å²) in [5.74, 6) is 5.78. The first-order valence-corrected chi connectivity index (χ1v) is 5.89. The first-order valence-electron chi connectivity index (χ1n) is 4.95. The van der Waals surface area contributed by atoms with Crippen LogP contribution >= 0.6 is 11.3 Å². The van der Waals surface area contributed by atoms with Gasteiger partial charge >= 0.3 is 6.09 Å². The SMILES string of the molecule is CC(C)(C)OC(=O)NCC#Cc1ccsc1. The van der Waals surface area contributed by atoms with E-state index in [1.807, 2.05) is 37.6 Å². The molecule has 0 saturated heterocycles. The van der Waals surface area contributed by atoms with E-state index in [0.717, 1.165) is 5.56 Å². The number of carbonyl (C=O) groups is 1. The van der Waals surface area contributed by atoms with Crippen molar-refractivity contribution in [2.24, 2.45) is 0 Å². The molecule has 86 valence electrons. The van der Waals surface area contributed by atoms with E-state index in [0.29, 0.717) is 6.54 Å². The molecule has 0 radical (unpaired) electrons. The van der Waals surface area contributed by atoms with Gasteiger partial charge in [0, 0.05) is 10.9 Å². The van der Waals surface area contributed by atoms with Crippen molar-refractivity contribution < 1.29 is 9.53 Å². The van der Waals surface area contributed by atoms with Gasteiger partial charge in [-0.05, 0) is 32.2 Å². The molecule has 1 rings (SSSR count). The van der Waals surface area contributed by atoms with E-state index in [9.17, 15) is 4.79 Å². The number of ether oxygens (including phenoxy) is 1. The fourth-order valence-electron chi connectivity index (χ4n) is 0.912. The fraction of sp³-hybridized carbons (Fsp3) is 0.417. The van der Waals surface area contributed by atoms with Crippen LogP contribution in [0.4, 0.5) is 4.79 Å². The summed E-state index contributed by atoms with van der Waals surface area (Å²) in [6.45, 7) is 5.77. The predicted molar refractivity (Wildman–Crippen MR) is 65.4 cm³/mol. The molecular formula is C12H15NO2S. The average molecular weight is 237 g/mol. The molecular weight excluding hydrogens is 222 g/mol. The van der Waals surface area contributed by atoms with Gasteiger partial charge in [-0.2, -0.15) is 11.3 Å². The molecule has 0 saturated carbocycles. The third-order valence-corrected chi connectivity index (χ3v) is 2.16. The Kier molecular flexibility index (Phi) is 4.39. The van der Waals surface area contributed by atoms with Crippen molar-refractivity contribution in [3.63, 3.8) is 0 Å². The van der Waals surface area contributed by atoms with Crippen LogP contribution in [0.3, 0.4) is 0 Å². The highest BCUT2D eigenvalue weighted by atomic mass is 32.1. The zero-order chi connectivity index (χ0) is 12.0. The van der Waals surface area contributed by atoms with Crippen LogP contribution in [0.5, 0.6) is 0 Å². The van der Waals surface area contributed by atoms with E-state index >= 15 is 0 Å². The molecule has 0 unspecified atom stereocenters. The molecule has 3 nitrogen and oxygen atoms in total. The van der Waals surface area contributed by atoms with Crippen LogP contribution in [-0.4, -0.2) is 18.2 Å².